The number of hydrogen-bond acceptors (Lipinski definition) is 2. The summed E-state index contributed by atoms with van der Waals surface area (Å²) in [6.07, 6.45) is 3.74. The van der Waals surface area contributed by atoms with Crippen molar-refractivity contribution in [3.63, 3.8) is 0 Å². The van der Waals surface area contributed by atoms with E-state index in [2.05, 4.69) is 0 Å². The minimum atomic E-state index is -0.211. The standard InChI is InChI=1S/C15H19NO2/c17-14-9-10-16(13-8-4-7-12(13)14)15(18)11-5-2-1-3-6-11/h1-3,5-6,12-14,17H,4,7-10H2/t12-,13-,14-/m0/s1. The van der Waals surface area contributed by atoms with Gasteiger partial charge in [-0.15, -0.1) is 0 Å². The first-order valence-electron chi connectivity index (χ1n) is 6.81. The second kappa shape index (κ2) is 4.73. The summed E-state index contributed by atoms with van der Waals surface area (Å²) in [7, 11) is 0. The molecule has 0 unspecified atom stereocenters. The van der Waals surface area contributed by atoms with Crippen LogP contribution < -0.4 is 0 Å². The topological polar surface area (TPSA) is 40.5 Å². The molecular formula is C15H19NO2. The predicted molar refractivity (Wildman–Crippen MR) is 69.2 cm³/mol. The molecule has 2 aliphatic rings. The van der Waals surface area contributed by atoms with Crippen molar-refractivity contribution in [2.24, 2.45) is 5.92 Å². The van der Waals surface area contributed by atoms with Gasteiger partial charge in [0.15, 0.2) is 0 Å². The zero-order chi connectivity index (χ0) is 12.5. The van der Waals surface area contributed by atoms with E-state index in [9.17, 15) is 9.90 Å². The average Bonchev–Trinajstić information content (AvgIpc) is 2.90. The van der Waals surface area contributed by atoms with Gasteiger partial charge in [0, 0.05) is 24.1 Å². The third-order valence-corrected chi connectivity index (χ3v) is 4.37. The van der Waals surface area contributed by atoms with E-state index in [1.807, 2.05) is 35.2 Å². The molecule has 1 amide bonds. The second-order valence-electron chi connectivity index (χ2n) is 5.38. The van der Waals surface area contributed by atoms with Crippen molar-refractivity contribution in [1.82, 2.24) is 4.90 Å². The quantitative estimate of drug-likeness (QED) is 0.822. The van der Waals surface area contributed by atoms with Gasteiger partial charge in [-0.3, -0.25) is 4.79 Å². The van der Waals surface area contributed by atoms with Gasteiger partial charge in [0.2, 0.25) is 0 Å². The first-order valence-corrected chi connectivity index (χ1v) is 6.81. The van der Waals surface area contributed by atoms with Crippen LogP contribution in [0.5, 0.6) is 0 Å². The molecule has 96 valence electrons. The Bertz CT molecular complexity index is 431. The van der Waals surface area contributed by atoms with Crippen molar-refractivity contribution < 1.29 is 9.90 Å². The smallest absolute Gasteiger partial charge is 0.254 e. The van der Waals surface area contributed by atoms with Crippen LogP contribution in [0.1, 0.15) is 36.0 Å². The molecule has 1 aromatic rings. The normalized spacial score (nSPS) is 31.2. The summed E-state index contributed by atoms with van der Waals surface area (Å²) in [5, 5.41) is 10.0. The molecule has 18 heavy (non-hydrogen) atoms. The van der Waals surface area contributed by atoms with Crippen molar-refractivity contribution in [2.75, 3.05) is 6.54 Å². The number of benzene rings is 1. The molecular weight excluding hydrogens is 226 g/mol. The summed E-state index contributed by atoms with van der Waals surface area (Å²) < 4.78 is 0. The summed E-state index contributed by atoms with van der Waals surface area (Å²) in [6, 6.07) is 9.72. The van der Waals surface area contributed by atoms with E-state index in [0.29, 0.717) is 12.5 Å². The number of aliphatic hydroxyl groups is 1. The van der Waals surface area contributed by atoms with Gasteiger partial charge in [-0.2, -0.15) is 0 Å². The molecule has 3 nitrogen and oxygen atoms in total. The van der Waals surface area contributed by atoms with Gasteiger partial charge in [-0.1, -0.05) is 24.6 Å². The van der Waals surface area contributed by atoms with E-state index in [1.165, 1.54) is 0 Å². The third kappa shape index (κ3) is 1.93. The number of aliphatic hydroxyl groups excluding tert-OH is 1. The highest BCUT2D eigenvalue weighted by Crippen LogP contribution is 2.37. The van der Waals surface area contributed by atoms with Gasteiger partial charge in [0.25, 0.3) is 5.91 Å². The van der Waals surface area contributed by atoms with Crippen molar-refractivity contribution in [3.8, 4) is 0 Å². The van der Waals surface area contributed by atoms with Crippen LogP contribution in [0.3, 0.4) is 0 Å². The largest absolute Gasteiger partial charge is 0.393 e. The molecule has 0 spiro atoms. The molecule has 0 bridgehead atoms. The lowest BCUT2D eigenvalue weighted by atomic mass is 9.88. The monoisotopic (exact) mass is 245 g/mol. The number of carbonyl (C=O) groups is 1. The maximum Gasteiger partial charge on any atom is 0.254 e. The highest BCUT2D eigenvalue weighted by molar-refractivity contribution is 5.94. The van der Waals surface area contributed by atoms with Crippen LogP contribution >= 0.6 is 0 Å². The van der Waals surface area contributed by atoms with Crippen LogP contribution in [0.15, 0.2) is 30.3 Å². The van der Waals surface area contributed by atoms with Crippen LogP contribution in [0, 0.1) is 5.92 Å². The van der Waals surface area contributed by atoms with E-state index in [1.54, 1.807) is 0 Å². The molecule has 1 saturated heterocycles. The third-order valence-electron chi connectivity index (χ3n) is 4.37. The maximum absolute atomic E-state index is 12.5. The summed E-state index contributed by atoms with van der Waals surface area (Å²) in [6.45, 7) is 0.691. The van der Waals surface area contributed by atoms with E-state index in [4.69, 9.17) is 0 Å². The number of piperidine rings is 1. The van der Waals surface area contributed by atoms with Crippen LogP contribution in [0.25, 0.3) is 0 Å². The fourth-order valence-corrected chi connectivity index (χ4v) is 3.45. The van der Waals surface area contributed by atoms with Crippen molar-refractivity contribution >= 4 is 5.91 Å². The number of likely N-dealkylation sites (tertiary alicyclic amines) is 1. The fraction of sp³-hybridized carbons (Fsp3) is 0.533. The van der Waals surface area contributed by atoms with Crippen molar-refractivity contribution in [1.29, 1.82) is 0 Å². The van der Waals surface area contributed by atoms with Crippen LogP contribution in [0.4, 0.5) is 0 Å². The Morgan fingerprint density at radius 2 is 1.94 bits per heavy atom. The number of rotatable bonds is 1. The van der Waals surface area contributed by atoms with Gasteiger partial charge in [0.1, 0.15) is 0 Å². The summed E-state index contributed by atoms with van der Waals surface area (Å²) in [5.74, 6) is 0.422. The van der Waals surface area contributed by atoms with E-state index >= 15 is 0 Å². The molecule has 3 rings (SSSR count). The zero-order valence-corrected chi connectivity index (χ0v) is 10.5. The number of hydrogen-bond donors (Lipinski definition) is 1. The van der Waals surface area contributed by atoms with Crippen LogP contribution in [0.2, 0.25) is 0 Å². The molecule has 0 radical (unpaired) electrons. The molecule has 1 aromatic carbocycles. The van der Waals surface area contributed by atoms with Gasteiger partial charge >= 0.3 is 0 Å². The highest BCUT2D eigenvalue weighted by atomic mass is 16.3. The second-order valence-corrected chi connectivity index (χ2v) is 5.38. The first-order chi connectivity index (χ1) is 8.77. The lowest BCUT2D eigenvalue weighted by Crippen LogP contribution is -2.51. The summed E-state index contributed by atoms with van der Waals surface area (Å²) in [4.78, 5) is 14.5. The molecule has 1 aliphatic carbocycles. The summed E-state index contributed by atoms with van der Waals surface area (Å²) >= 11 is 0. The van der Waals surface area contributed by atoms with E-state index < -0.39 is 0 Å². The molecule has 1 aliphatic heterocycles. The Hall–Kier alpha value is -1.35. The van der Waals surface area contributed by atoms with Crippen LogP contribution in [-0.2, 0) is 0 Å². The lowest BCUT2D eigenvalue weighted by molar-refractivity contribution is 0.00258. The Balaban J connectivity index is 1.82. The number of amides is 1. The molecule has 2 fully saturated rings. The molecule has 1 N–H and O–H groups in total. The Morgan fingerprint density at radius 3 is 2.72 bits per heavy atom. The van der Waals surface area contributed by atoms with Gasteiger partial charge in [-0.05, 0) is 31.4 Å². The Kier molecular flexibility index (Phi) is 3.08. The highest BCUT2D eigenvalue weighted by Gasteiger charge is 2.42. The van der Waals surface area contributed by atoms with E-state index in [-0.39, 0.29) is 18.1 Å². The SMILES string of the molecule is O=C(c1ccccc1)N1CC[C@H](O)[C@H]2CCC[C@@H]21. The van der Waals surface area contributed by atoms with E-state index in [0.717, 1.165) is 31.2 Å². The van der Waals surface area contributed by atoms with Gasteiger partial charge in [0.05, 0.1) is 6.10 Å². The number of carbonyl (C=O) groups excluding carboxylic acids is 1. The lowest BCUT2D eigenvalue weighted by Gasteiger charge is -2.40. The van der Waals surface area contributed by atoms with Crippen molar-refractivity contribution in [2.45, 2.75) is 37.8 Å². The van der Waals surface area contributed by atoms with Gasteiger partial charge < -0.3 is 10.0 Å². The maximum atomic E-state index is 12.5. The molecule has 3 heteroatoms. The zero-order valence-electron chi connectivity index (χ0n) is 10.5. The Labute approximate surface area is 107 Å². The molecule has 1 heterocycles. The molecule has 1 saturated carbocycles. The Morgan fingerprint density at radius 1 is 1.17 bits per heavy atom. The minimum absolute atomic E-state index is 0.124. The molecule has 3 atom stereocenters. The van der Waals surface area contributed by atoms with Gasteiger partial charge in [-0.25, -0.2) is 0 Å². The fourth-order valence-electron chi connectivity index (χ4n) is 3.45. The number of nitrogens with zero attached hydrogens (tertiary/aromatic N) is 1. The predicted octanol–water partition coefficient (Wildman–Crippen LogP) is 2.06. The minimum Gasteiger partial charge on any atom is -0.393 e. The summed E-state index contributed by atoms with van der Waals surface area (Å²) in [5.41, 5.74) is 0.763. The first kappa shape index (κ1) is 11.7. The average molecular weight is 245 g/mol. The number of fused-ring (bicyclic) bond motifs is 1. The van der Waals surface area contributed by atoms with Crippen LogP contribution in [-0.4, -0.2) is 34.6 Å². The molecule has 0 aromatic heterocycles. The van der Waals surface area contributed by atoms with Crippen molar-refractivity contribution in [3.05, 3.63) is 35.9 Å².